The smallest absolute Gasteiger partial charge is 0.254 e. The third-order valence-electron chi connectivity index (χ3n) is 2.88. The van der Waals surface area contributed by atoms with E-state index in [0.29, 0.717) is 0 Å². The van der Waals surface area contributed by atoms with Crippen molar-refractivity contribution in [1.29, 1.82) is 0 Å². The molecular formula is C11H11Cl2N3O3. The first kappa shape index (κ1) is 14.0. The molecule has 19 heavy (non-hydrogen) atoms. The number of β-amino-alcohol motifs (C(OH)–C–C–N with tert-alkyl or cyclic N) is 1. The number of halogens is 2. The molecule has 1 aliphatic rings. The van der Waals surface area contributed by atoms with Gasteiger partial charge in [-0.05, 0) is 12.1 Å². The van der Waals surface area contributed by atoms with Gasteiger partial charge in [0.2, 0.25) is 5.91 Å². The Morgan fingerprint density at radius 2 is 1.95 bits per heavy atom. The van der Waals surface area contributed by atoms with Crippen molar-refractivity contribution in [3.8, 4) is 0 Å². The number of aromatic nitrogens is 1. The molecule has 1 aromatic rings. The number of hydrogen-bond donors (Lipinski definition) is 2. The monoisotopic (exact) mass is 303 g/mol. The molecule has 6 nitrogen and oxygen atoms in total. The number of hydrogen-bond acceptors (Lipinski definition) is 4. The molecule has 1 fully saturated rings. The van der Waals surface area contributed by atoms with Crippen LogP contribution in [0.5, 0.6) is 0 Å². The van der Waals surface area contributed by atoms with Crippen LogP contribution in [0.1, 0.15) is 16.8 Å². The van der Waals surface area contributed by atoms with E-state index < -0.39 is 24.0 Å². The van der Waals surface area contributed by atoms with Gasteiger partial charge in [-0.15, -0.1) is 0 Å². The molecule has 102 valence electrons. The Kier molecular flexibility index (Phi) is 3.93. The van der Waals surface area contributed by atoms with Gasteiger partial charge in [-0.3, -0.25) is 9.59 Å². The van der Waals surface area contributed by atoms with Crippen molar-refractivity contribution >= 4 is 35.0 Å². The Morgan fingerprint density at radius 3 is 2.47 bits per heavy atom. The van der Waals surface area contributed by atoms with Crippen LogP contribution in [0.3, 0.4) is 0 Å². The number of nitrogens with zero attached hydrogens (tertiary/aromatic N) is 2. The summed E-state index contributed by atoms with van der Waals surface area (Å²) < 4.78 is 0. The van der Waals surface area contributed by atoms with Gasteiger partial charge in [0.05, 0.1) is 6.10 Å². The molecule has 1 aliphatic heterocycles. The largest absolute Gasteiger partial charge is 0.391 e. The summed E-state index contributed by atoms with van der Waals surface area (Å²) in [7, 11) is 0. The van der Waals surface area contributed by atoms with Crippen molar-refractivity contribution in [2.75, 3.05) is 6.54 Å². The van der Waals surface area contributed by atoms with Crippen LogP contribution >= 0.6 is 23.2 Å². The number of pyridine rings is 1. The van der Waals surface area contributed by atoms with Crippen LogP contribution in [0, 0.1) is 0 Å². The molecular weight excluding hydrogens is 293 g/mol. The number of carbonyl (C=O) groups is 2. The van der Waals surface area contributed by atoms with Crippen LogP contribution in [-0.4, -0.2) is 45.5 Å². The lowest BCUT2D eigenvalue weighted by atomic mass is 10.1. The molecule has 0 spiro atoms. The van der Waals surface area contributed by atoms with Crippen molar-refractivity contribution < 1.29 is 14.7 Å². The molecule has 1 saturated heterocycles. The SMILES string of the molecule is NC(=O)C1CC(O)CN1C(=O)c1cc(Cl)nc(Cl)c1. The van der Waals surface area contributed by atoms with Crippen LogP contribution in [-0.2, 0) is 4.79 Å². The van der Waals surface area contributed by atoms with Crippen molar-refractivity contribution in [2.24, 2.45) is 5.73 Å². The Hall–Kier alpha value is -1.37. The van der Waals surface area contributed by atoms with Crippen LogP contribution in [0.15, 0.2) is 12.1 Å². The minimum Gasteiger partial charge on any atom is -0.391 e. The van der Waals surface area contributed by atoms with Gasteiger partial charge in [-0.1, -0.05) is 23.2 Å². The molecule has 0 saturated carbocycles. The first-order chi connectivity index (χ1) is 8.88. The zero-order valence-electron chi connectivity index (χ0n) is 9.72. The second-order valence-corrected chi connectivity index (χ2v) is 5.04. The number of rotatable bonds is 2. The van der Waals surface area contributed by atoms with E-state index in [2.05, 4.69) is 4.98 Å². The van der Waals surface area contributed by atoms with Gasteiger partial charge in [-0.25, -0.2) is 4.98 Å². The highest BCUT2D eigenvalue weighted by molar-refractivity contribution is 6.33. The van der Waals surface area contributed by atoms with Crippen molar-refractivity contribution in [2.45, 2.75) is 18.6 Å². The van der Waals surface area contributed by atoms with E-state index in [4.69, 9.17) is 28.9 Å². The van der Waals surface area contributed by atoms with Crippen molar-refractivity contribution in [3.05, 3.63) is 28.0 Å². The summed E-state index contributed by atoms with van der Waals surface area (Å²) in [6.07, 6.45) is -0.637. The van der Waals surface area contributed by atoms with Crippen LogP contribution in [0.2, 0.25) is 10.3 Å². The maximum absolute atomic E-state index is 12.3. The van der Waals surface area contributed by atoms with Gasteiger partial charge in [0.1, 0.15) is 16.3 Å². The molecule has 2 amide bonds. The Morgan fingerprint density at radius 1 is 1.37 bits per heavy atom. The maximum Gasteiger partial charge on any atom is 0.254 e. The van der Waals surface area contributed by atoms with Gasteiger partial charge in [0.25, 0.3) is 5.91 Å². The number of aliphatic hydroxyl groups excluding tert-OH is 1. The van der Waals surface area contributed by atoms with Gasteiger partial charge < -0.3 is 15.7 Å². The molecule has 0 bridgehead atoms. The first-order valence-corrected chi connectivity index (χ1v) is 6.25. The van der Waals surface area contributed by atoms with Crippen LogP contribution in [0.4, 0.5) is 0 Å². The van der Waals surface area contributed by atoms with E-state index in [1.54, 1.807) is 0 Å². The lowest BCUT2D eigenvalue weighted by Gasteiger charge is -2.21. The number of amides is 2. The highest BCUT2D eigenvalue weighted by Gasteiger charge is 2.38. The zero-order chi connectivity index (χ0) is 14.2. The fourth-order valence-corrected chi connectivity index (χ4v) is 2.52. The summed E-state index contributed by atoms with van der Waals surface area (Å²) in [4.78, 5) is 28.5. The highest BCUT2D eigenvalue weighted by Crippen LogP contribution is 2.22. The minimum atomic E-state index is -0.826. The summed E-state index contributed by atoms with van der Waals surface area (Å²) in [6.45, 7) is 0.0456. The standard InChI is InChI=1S/C11H11Cl2N3O3/c12-8-1-5(2-9(13)15-8)11(19)16-4-6(17)3-7(16)10(14)18/h1-2,6-7,17H,3-4H2,(H2,14,18). The van der Waals surface area contributed by atoms with E-state index in [-0.39, 0.29) is 28.8 Å². The van der Waals surface area contributed by atoms with E-state index >= 15 is 0 Å². The van der Waals surface area contributed by atoms with E-state index in [1.807, 2.05) is 0 Å². The predicted molar refractivity (Wildman–Crippen MR) is 68.9 cm³/mol. The zero-order valence-corrected chi connectivity index (χ0v) is 11.2. The molecule has 2 unspecified atom stereocenters. The Bertz CT molecular complexity index is 518. The summed E-state index contributed by atoms with van der Waals surface area (Å²) >= 11 is 11.4. The molecule has 3 N–H and O–H groups in total. The highest BCUT2D eigenvalue weighted by atomic mass is 35.5. The van der Waals surface area contributed by atoms with Crippen LogP contribution < -0.4 is 5.73 Å². The topological polar surface area (TPSA) is 96.5 Å². The number of carbonyl (C=O) groups excluding carboxylic acids is 2. The normalized spacial score (nSPS) is 22.6. The molecule has 2 atom stereocenters. The van der Waals surface area contributed by atoms with Gasteiger partial charge in [-0.2, -0.15) is 0 Å². The fraction of sp³-hybridized carbons (Fsp3) is 0.364. The molecule has 8 heteroatoms. The van der Waals surface area contributed by atoms with Gasteiger partial charge >= 0.3 is 0 Å². The molecule has 1 aromatic heterocycles. The molecule has 2 rings (SSSR count). The summed E-state index contributed by atoms with van der Waals surface area (Å²) in [5.41, 5.74) is 5.42. The van der Waals surface area contributed by atoms with Crippen molar-refractivity contribution in [1.82, 2.24) is 9.88 Å². The van der Waals surface area contributed by atoms with E-state index in [0.717, 1.165) is 0 Å². The maximum atomic E-state index is 12.3. The second kappa shape index (κ2) is 5.32. The number of aliphatic hydroxyl groups is 1. The number of nitrogens with two attached hydrogens (primary N) is 1. The lowest BCUT2D eigenvalue weighted by molar-refractivity contribution is -0.121. The average molecular weight is 304 g/mol. The minimum absolute atomic E-state index is 0.0456. The van der Waals surface area contributed by atoms with Gasteiger partial charge in [0.15, 0.2) is 0 Å². The Labute approximate surface area is 119 Å². The van der Waals surface area contributed by atoms with Gasteiger partial charge in [0, 0.05) is 18.5 Å². The molecule has 2 heterocycles. The first-order valence-electron chi connectivity index (χ1n) is 5.50. The summed E-state index contributed by atoms with van der Waals surface area (Å²) in [6, 6.07) is 1.87. The summed E-state index contributed by atoms with van der Waals surface area (Å²) in [5, 5.41) is 9.71. The molecule has 0 aromatic carbocycles. The summed E-state index contributed by atoms with van der Waals surface area (Å²) in [5.74, 6) is -1.12. The molecule has 0 radical (unpaired) electrons. The number of primary amides is 1. The van der Waals surface area contributed by atoms with Crippen LogP contribution in [0.25, 0.3) is 0 Å². The average Bonchev–Trinajstić information content (AvgIpc) is 2.69. The van der Waals surface area contributed by atoms with Crippen molar-refractivity contribution in [3.63, 3.8) is 0 Å². The van der Waals surface area contributed by atoms with E-state index in [9.17, 15) is 14.7 Å². The quantitative estimate of drug-likeness (QED) is 0.775. The van der Waals surface area contributed by atoms with E-state index in [1.165, 1.54) is 17.0 Å². The molecule has 0 aliphatic carbocycles. The number of likely N-dealkylation sites (tertiary alicyclic amines) is 1. The third kappa shape index (κ3) is 2.97. The fourth-order valence-electron chi connectivity index (χ4n) is 2.06. The Balaban J connectivity index is 2.30. The second-order valence-electron chi connectivity index (χ2n) is 4.27. The lowest BCUT2D eigenvalue weighted by Crippen LogP contribution is -2.43. The third-order valence-corrected chi connectivity index (χ3v) is 3.27. The predicted octanol–water partition coefficient (Wildman–Crippen LogP) is 0.449.